The predicted molar refractivity (Wildman–Crippen MR) is 72.1 cm³/mol. The topological polar surface area (TPSA) is 43.1 Å². The summed E-state index contributed by atoms with van der Waals surface area (Å²) in [4.78, 5) is 0.765. The maximum absolute atomic E-state index is 13.1. The van der Waals surface area contributed by atoms with Crippen LogP contribution in [0.25, 0.3) is 0 Å². The molecule has 1 atom stereocenters. The van der Waals surface area contributed by atoms with Gasteiger partial charge in [0.15, 0.2) is 0 Å². The summed E-state index contributed by atoms with van der Waals surface area (Å²) in [5.41, 5.74) is 7.77. The van der Waals surface area contributed by atoms with E-state index in [-0.39, 0.29) is 11.6 Å². The van der Waals surface area contributed by atoms with Crippen molar-refractivity contribution in [2.75, 3.05) is 5.73 Å². The van der Waals surface area contributed by atoms with E-state index in [0.29, 0.717) is 11.3 Å². The average Bonchev–Trinajstić information content (AvgIpc) is 2.34. The Kier molecular flexibility index (Phi) is 3.77. The normalized spacial score (nSPS) is 12.3. The highest BCUT2D eigenvalue weighted by Gasteiger charge is 2.10. The second kappa shape index (κ2) is 5.31. The van der Waals surface area contributed by atoms with Gasteiger partial charge in [-0.25, -0.2) is 4.39 Å². The SMILES string of the molecule is Cc1ccccc1S(=O)Cc1cc(F)ccc1N. The van der Waals surface area contributed by atoms with Gasteiger partial charge in [0, 0.05) is 10.6 Å². The van der Waals surface area contributed by atoms with Crippen molar-refractivity contribution in [1.29, 1.82) is 0 Å². The first-order valence-corrected chi connectivity index (χ1v) is 6.87. The predicted octanol–water partition coefficient (Wildman–Crippen LogP) is 3.02. The Balaban J connectivity index is 2.27. The fraction of sp³-hybridized carbons (Fsp3) is 0.143. The molecule has 0 fully saturated rings. The van der Waals surface area contributed by atoms with Crippen LogP contribution in [0.4, 0.5) is 10.1 Å². The molecule has 0 saturated heterocycles. The number of rotatable bonds is 3. The summed E-state index contributed by atoms with van der Waals surface area (Å²) in [5, 5.41) is 0. The third-order valence-electron chi connectivity index (χ3n) is 2.73. The molecule has 1 unspecified atom stereocenters. The molecule has 0 aliphatic carbocycles. The van der Waals surface area contributed by atoms with Crippen molar-refractivity contribution in [2.24, 2.45) is 0 Å². The van der Waals surface area contributed by atoms with Crippen LogP contribution in [0.15, 0.2) is 47.4 Å². The number of nitrogen functional groups attached to an aromatic ring is 1. The van der Waals surface area contributed by atoms with Crippen LogP contribution < -0.4 is 5.73 Å². The van der Waals surface area contributed by atoms with Crippen LogP contribution in [0.1, 0.15) is 11.1 Å². The quantitative estimate of drug-likeness (QED) is 0.865. The second-order valence-electron chi connectivity index (χ2n) is 4.10. The molecule has 0 heterocycles. The molecule has 18 heavy (non-hydrogen) atoms. The first-order chi connectivity index (χ1) is 8.58. The molecule has 2 N–H and O–H groups in total. The second-order valence-corrected chi connectivity index (χ2v) is 5.52. The number of anilines is 1. The average molecular weight is 263 g/mol. The molecule has 2 nitrogen and oxygen atoms in total. The van der Waals surface area contributed by atoms with E-state index in [0.717, 1.165) is 10.5 Å². The standard InChI is InChI=1S/C14H14FNOS/c1-10-4-2-3-5-14(10)18(17)9-11-8-12(15)6-7-13(11)16/h2-8H,9,16H2,1H3. The molecule has 0 spiro atoms. The minimum Gasteiger partial charge on any atom is -0.398 e. The fourth-order valence-corrected chi connectivity index (χ4v) is 3.08. The molecule has 0 aliphatic rings. The lowest BCUT2D eigenvalue weighted by Crippen LogP contribution is -2.02. The molecule has 2 rings (SSSR count). The summed E-state index contributed by atoms with van der Waals surface area (Å²) in [6.45, 7) is 1.90. The number of halogens is 1. The van der Waals surface area contributed by atoms with Crippen LogP contribution in [0.2, 0.25) is 0 Å². The largest absolute Gasteiger partial charge is 0.398 e. The molecule has 2 aromatic carbocycles. The number of hydrogen-bond acceptors (Lipinski definition) is 2. The Hall–Kier alpha value is -1.68. The van der Waals surface area contributed by atoms with Gasteiger partial charge >= 0.3 is 0 Å². The van der Waals surface area contributed by atoms with Crippen LogP contribution in [0.5, 0.6) is 0 Å². The maximum Gasteiger partial charge on any atom is 0.123 e. The first-order valence-electron chi connectivity index (χ1n) is 5.56. The van der Waals surface area contributed by atoms with Crippen LogP contribution in [-0.2, 0) is 16.6 Å². The summed E-state index contributed by atoms with van der Waals surface area (Å²) < 4.78 is 25.4. The van der Waals surface area contributed by atoms with Gasteiger partial charge in [-0.3, -0.25) is 4.21 Å². The molecule has 0 aliphatic heterocycles. The van der Waals surface area contributed by atoms with E-state index in [4.69, 9.17) is 5.73 Å². The van der Waals surface area contributed by atoms with Crippen molar-refractivity contribution in [2.45, 2.75) is 17.6 Å². The maximum atomic E-state index is 13.1. The zero-order valence-electron chi connectivity index (χ0n) is 10.0. The number of hydrogen-bond donors (Lipinski definition) is 1. The summed E-state index contributed by atoms with van der Waals surface area (Å²) >= 11 is 0. The van der Waals surface area contributed by atoms with E-state index >= 15 is 0 Å². The van der Waals surface area contributed by atoms with E-state index in [1.165, 1.54) is 18.2 Å². The smallest absolute Gasteiger partial charge is 0.123 e. The third kappa shape index (κ3) is 2.76. The van der Waals surface area contributed by atoms with Crippen molar-refractivity contribution in [3.63, 3.8) is 0 Å². The zero-order chi connectivity index (χ0) is 13.1. The molecular weight excluding hydrogens is 249 g/mol. The van der Waals surface area contributed by atoms with E-state index in [1.807, 2.05) is 31.2 Å². The van der Waals surface area contributed by atoms with Gasteiger partial charge in [-0.1, -0.05) is 18.2 Å². The van der Waals surface area contributed by atoms with Crippen molar-refractivity contribution < 1.29 is 8.60 Å². The van der Waals surface area contributed by atoms with Crippen molar-refractivity contribution >= 4 is 16.5 Å². The Morgan fingerprint density at radius 2 is 1.94 bits per heavy atom. The summed E-state index contributed by atoms with van der Waals surface area (Å²) in [6.07, 6.45) is 0. The summed E-state index contributed by atoms with van der Waals surface area (Å²) in [7, 11) is -1.21. The van der Waals surface area contributed by atoms with Crippen LogP contribution >= 0.6 is 0 Å². The van der Waals surface area contributed by atoms with Crippen LogP contribution in [0.3, 0.4) is 0 Å². The highest BCUT2D eigenvalue weighted by Crippen LogP contribution is 2.20. The molecule has 4 heteroatoms. The van der Waals surface area contributed by atoms with Crippen LogP contribution in [-0.4, -0.2) is 4.21 Å². The summed E-state index contributed by atoms with van der Waals surface area (Å²) in [6, 6.07) is 11.6. The monoisotopic (exact) mass is 263 g/mol. The van der Waals surface area contributed by atoms with Gasteiger partial charge in [0.1, 0.15) is 5.82 Å². The van der Waals surface area contributed by atoms with Crippen LogP contribution in [0, 0.1) is 12.7 Å². The van der Waals surface area contributed by atoms with Crippen molar-refractivity contribution in [1.82, 2.24) is 0 Å². The van der Waals surface area contributed by atoms with E-state index in [9.17, 15) is 8.60 Å². The van der Waals surface area contributed by atoms with Gasteiger partial charge in [0.2, 0.25) is 0 Å². The van der Waals surface area contributed by atoms with Crippen molar-refractivity contribution in [3.8, 4) is 0 Å². The lowest BCUT2D eigenvalue weighted by molar-refractivity contribution is 0.626. The molecule has 2 aromatic rings. The minimum absolute atomic E-state index is 0.231. The lowest BCUT2D eigenvalue weighted by Gasteiger charge is -2.08. The molecule has 0 aromatic heterocycles. The van der Waals surface area contributed by atoms with Gasteiger partial charge in [-0.15, -0.1) is 0 Å². The molecular formula is C14H14FNOS. The molecule has 0 bridgehead atoms. The molecule has 0 saturated carbocycles. The first kappa shape index (κ1) is 12.8. The Bertz CT molecular complexity index is 598. The van der Waals surface area contributed by atoms with Gasteiger partial charge in [0.25, 0.3) is 0 Å². The molecule has 0 radical (unpaired) electrons. The van der Waals surface area contributed by atoms with E-state index in [1.54, 1.807) is 0 Å². The van der Waals surface area contributed by atoms with Gasteiger partial charge in [-0.05, 0) is 42.3 Å². The Labute approximate surface area is 108 Å². The lowest BCUT2D eigenvalue weighted by atomic mass is 10.2. The number of benzene rings is 2. The van der Waals surface area contributed by atoms with E-state index < -0.39 is 10.8 Å². The number of nitrogens with two attached hydrogens (primary N) is 1. The Morgan fingerprint density at radius 3 is 2.67 bits per heavy atom. The fourth-order valence-electron chi connectivity index (χ4n) is 1.73. The number of aryl methyl sites for hydroxylation is 1. The van der Waals surface area contributed by atoms with Crippen molar-refractivity contribution in [3.05, 3.63) is 59.4 Å². The molecule has 94 valence electrons. The third-order valence-corrected chi connectivity index (χ3v) is 4.25. The van der Waals surface area contributed by atoms with Gasteiger partial charge in [0.05, 0.1) is 16.6 Å². The zero-order valence-corrected chi connectivity index (χ0v) is 10.8. The minimum atomic E-state index is -1.21. The molecule has 0 amide bonds. The Morgan fingerprint density at radius 1 is 1.22 bits per heavy atom. The van der Waals surface area contributed by atoms with E-state index in [2.05, 4.69) is 0 Å². The summed E-state index contributed by atoms with van der Waals surface area (Å²) in [5.74, 6) is -0.130. The highest BCUT2D eigenvalue weighted by molar-refractivity contribution is 7.84. The van der Waals surface area contributed by atoms with Gasteiger partial charge in [-0.2, -0.15) is 0 Å². The van der Waals surface area contributed by atoms with Gasteiger partial charge < -0.3 is 5.73 Å². The highest BCUT2D eigenvalue weighted by atomic mass is 32.2.